The number of halogens is 1. The van der Waals surface area contributed by atoms with Gasteiger partial charge in [-0.1, -0.05) is 43.3 Å². The molecule has 0 unspecified atom stereocenters. The molecule has 0 aliphatic carbocycles. The summed E-state index contributed by atoms with van der Waals surface area (Å²) in [5.74, 6) is 0.875. The summed E-state index contributed by atoms with van der Waals surface area (Å²) in [4.78, 5) is 14.7. The third-order valence-corrected chi connectivity index (χ3v) is 4.64. The second-order valence-corrected chi connectivity index (χ2v) is 6.33. The summed E-state index contributed by atoms with van der Waals surface area (Å²) in [5, 5.41) is 5.54. The van der Waals surface area contributed by atoms with Gasteiger partial charge in [-0.3, -0.25) is 4.79 Å². The number of fused-ring (bicyclic) bond motifs is 1. The number of nitrogens with one attached hydrogen (secondary N) is 1. The number of amides is 1. The monoisotopic (exact) mass is 362 g/mol. The van der Waals surface area contributed by atoms with Gasteiger partial charge in [0.15, 0.2) is 6.61 Å². The Morgan fingerprint density at radius 3 is 2.64 bits per heavy atom. The molecule has 5 heteroatoms. The first-order valence-electron chi connectivity index (χ1n) is 8.90. The SMILES string of the molecule is CCCN(C(=O)COc1cccc2ccccc12)C1CCNCC1.Cl. The van der Waals surface area contributed by atoms with E-state index in [1.54, 1.807) is 0 Å². The molecule has 1 fully saturated rings. The fourth-order valence-corrected chi connectivity index (χ4v) is 3.41. The summed E-state index contributed by atoms with van der Waals surface area (Å²) in [6.45, 7) is 5.01. The van der Waals surface area contributed by atoms with Crippen molar-refractivity contribution in [3.8, 4) is 5.75 Å². The van der Waals surface area contributed by atoms with E-state index in [2.05, 4.69) is 24.4 Å². The molecule has 1 amide bonds. The van der Waals surface area contributed by atoms with Gasteiger partial charge in [-0.05, 0) is 43.8 Å². The fraction of sp³-hybridized carbons (Fsp3) is 0.450. The van der Waals surface area contributed by atoms with Crippen LogP contribution in [0.25, 0.3) is 10.8 Å². The third kappa shape index (κ3) is 4.86. The molecule has 1 aliphatic rings. The van der Waals surface area contributed by atoms with E-state index in [0.717, 1.165) is 55.4 Å². The Kier molecular flexibility index (Phi) is 7.53. The zero-order chi connectivity index (χ0) is 16.8. The molecule has 1 aliphatic heterocycles. The van der Waals surface area contributed by atoms with Crippen LogP contribution >= 0.6 is 12.4 Å². The van der Waals surface area contributed by atoms with Crippen molar-refractivity contribution in [3.63, 3.8) is 0 Å². The van der Waals surface area contributed by atoms with Crippen LogP contribution in [0.15, 0.2) is 42.5 Å². The van der Waals surface area contributed by atoms with Crippen LogP contribution in [0.1, 0.15) is 26.2 Å². The summed E-state index contributed by atoms with van der Waals surface area (Å²) in [6.07, 6.45) is 3.03. The average Bonchev–Trinajstić information content (AvgIpc) is 2.65. The van der Waals surface area contributed by atoms with E-state index in [1.165, 1.54) is 0 Å². The smallest absolute Gasteiger partial charge is 0.260 e. The number of rotatable bonds is 6. The molecule has 1 saturated heterocycles. The number of carbonyl (C=O) groups is 1. The van der Waals surface area contributed by atoms with Crippen LogP contribution in [0.4, 0.5) is 0 Å². The van der Waals surface area contributed by atoms with E-state index in [9.17, 15) is 4.79 Å². The lowest BCUT2D eigenvalue weighted by Crippen LogP contribution is -2.48. The van der Waals surface area contributed by atoms with Gasteiger partial charge < -0.3 is 15.0 Å². The lowest BCUT2D eigenvalue weighted by molar-refractivity contribution is -0.136. The van der Waals surface area contributed by atoms with Crippen LogP contribution in [0.2, 0.25) is 0 Å². The molecule has 4 nitrogen and oxygen atoms in total. The molecule has 3 rings (SSSR count). The summed E-state index contributed by atoms with van der Waals surface area (Å²) in [5.41, 5.74) is 0. The van der Waals surface area contributed by atoms with Crippen molar-refractivity contribution in [2.45, 2.75) is 32.2 Å². The van der Waals surface area contributed by atoms with E-state index in [4.69, 9.17) is 4.74 Å². The van der Waals surface area contributed by atoms with E-state index in [1.807, 2.05) is 35.2 Å². The normalized spacial score (nSPS) is 14.8. The van der Waals surface area contributed by atoms with Crippen molar-refractivity contribution < 1.29 is 9.53 Å². The molecular weight excluding hydrogens is 336 g/mol. The zero-order valence-corrected chi connectivity index (χ0v) is 15.6. The number of hydrogen-bond donors (Lipinski definition) is 1. The number of hydrogen-bond acceptors (Lipinski definition) is 3. The van der Waals surface area contributed by atoms with Crippen LogP contribution in [0.3, 0.4) is 0 Å². The Bertz CT molecular complexity index is 681. The van der Waals surface area contributed by atoms with Gasteiger partial charge in [0.1, 0.15) is 5.75 Å². The molecule has 0 spiro atoms. The Labute approximate surface area is 155 Å². The molecule has 0 aromatic heterocycles. The number of piperidine rings is 1. The predicted octanol–water partition coefficient (Wildman–Crippen LogP) is 3.63. The Balaban J connectivity index is 0.00000225. The van der Waals surface area contributed by atoms with E-state index < -0.39 is 0 Å². The second kappa shape index (κ2) is 9.64. The Morgan fingerprint density at radius 1 is 1.16 bits per heavy atom. The van der Waals surface area contributed by atoms with Gasteiger partial charge in [0.05, 0.1) is 0 Å². The topological polar surface area (TPSA) is 41.6 Å². The molecule has 1 N–H and O–H groups in total. The quantitative estimate of drug-likeness (QED) is 0.853. The van der Waals surface area contributed by atoms with Crippen LogP contribution in [0.5, 0.6) is 5.75 Å². The molecular formula is C20H27ClN2O2. The highest BCUT2D eigenvalue weighted by molar-refractivity contribution is 5.88. The van der Waals surface area contributed by atoms with Crippen molar-refractivity contribution in [2.75, 3.05) is 26.2 Å². The zero-order valence-electron chi connectivity index (χ0n) is 14.7. The lowest BCUT2D eigenvalue weighted by atomic mass is 10.0. The minimum Gasteiger partial charge on any atom is -0.483 e. The van der Waals surface area contributed by atoms with Gasteiger partial charge in [-0.25, -0.2) is 0 Å². The van der Waals surface area contributed by atoms with Crippen molar-refractivity contribution in [2.24, 2.45) is 0 Å². The van der Waals surface area contributed by atoms with Crippen LogP contribution < -0.4 is 10.1 Å². The molecule has 25 heavy (non-hydrogen) atoms. The highest BCUT2D eigenvalue weighted by Crippen LogP contribution is 2.25. The van der Waals surface area contributed by atoms with E-state index in [-0.39, 0.29) is 24.9 Å². The maximum Gasteiger partial charge on any atom is 0.260 e. The summed E-state index contributed by atoms with van der Waals surface area (Å²) < 4.78 is 5.89. The maximum atomic E-state index is 12.7. The number of benzene rings is 2. The van der Waals surface area contributed by atoms with Crippen LogP contribution in [0, 0.1) is 0 Å². The van der Waals surface area contributed by atoms with Crippen LogP contribution in [-0.4, -0.2) is 43.1 Å². The van der Waals surface area contributed by atoms with Crippen LogP contribution in [-0.2, 0) is 4.79 Å². The summed E-state index contributed by atoms with van der Waals surface area (Å²) in [6, 6.07) is 14.4. The van der Waals surface area contributed by atoms with Gasteiger partial charge in [-0.15, -0.1) is 12.4 Å². The molecule has 0 atom stereocenters. The van der Waals surface area contributed by atoms with Gasteiger partial charge in [0, 0.05) is 18.0 Å². The maximum absolute atomic E-state index is 12.7. The predicted molar refractivity (Wildman–Crippen MR) is 105 cm³/mol. The first-order chi connectivity index (χ1) is 11.8. The Morgan fingerprint density at radius 2 is 1.88 bits per heavy atom. The van der Waals surface area contributed by atoms with Crippen molar-refractivity contribution in [3.05, 3.63) is 42.5 Å². The minimum absolute atomic E-state index is 0. The molecule has 0 saturated carbocycles. The van der Waals surface area contributed by atoms with Gasteiger partial charge in [0.25, 0.3) is 5.91 Å². The van der Waals surface area contributed by atoms with E-state index >= 15 is 0 Å². The first-order valence-corrected chi connectivity index (χ1v) is 8.90. The molecule has 0 radical (unpaired) electrons. The number of nitrogens with zero attached hydrogens (tertiary/aromatic N) is 1. The molecule has 1 heterocycles. The molecule has 2 aromatic rings. The molecule has 136 valence electrons. The van der Waals surface area contributed by atoms with Crippen molar-refractivity contribution >= 4 is 29.1 Å². The summed E-state index contributed by atoms with van der Waals surface area (Å²) in [7, 11) is 0. The average molecular weight is 363 g/mol. The third-order valence-electron chi connectivity index (χ3n) is 4.64. The lowest BCUT2D eigenvalue weighted by Gasteiger charge is -2.34. The van der Waals surface area contributed by atoms with Crippen molar-refractivity contribution in [1.29, 1.82) is 0 Å². The highest BCUT2D eigenvalue weighted by Gasteiger charge is 2.24. The standard InChI is InChI=1S/C20H26N2O2.ClH/c1-2-14-22(17-10-12-21-13-11-17)20(23)15-24-19-9-5-7-16-6-3-4-8-18(16)19;/h3-9,17,21H,2,10-15H2,1H3;1H. The highest BCUT2D eigenvalue weighted by atomic mass is 35.5. The minimum atomic E-state index is 0. The number of ether oxygens (including phenoxy) is 1. The number of carbonyl (C=O) groups excluding carboxylic acids is 1. The van der Waals surface area contributed by atoms with Gasteiger partial charge in [0.2, 0.25) is 0 Å². The van der Waals surface area contributed by atoms with Crippen molar-refractivity contribution in [1.82, 2.24) is 10.2 Å². The molecule has 2 aromatic carbocycles. The second-order valence-electron chi connectivity index (χ2n) is 6.33. The van der Waals surface area contributed by atoms with Gasteiger partial charge in [-0.2, -0.15) is 0 Å². The van der Waals surface area contributed by atoms with Gasteiger partial charge >= 0.3 is 0 Å². The summed E-state index contributed by atoms with van der Waals surface area (Å²) >= 11 is 0. The first kappa shape index (κ1) is 19.5. The van der Waals surface area contributed by atoms with E-state index in [0.29, 0.717) is 6.04 Å². The molecule has 0 bridgehead atoms. The Hall–Kier alpha value is -1.78. The largest absolute Gasteiger partial charge is 0.483 e. The fourth-order valence-electron chi connectivity index (χ4n) is 3.41.